The molecule has 0 aromatic heterocycles. The van der Waals surface area contributed by atoms with Gasteiger partial charge in [-0.05, 0) is 0 Å². The summed E-state index contributed by atoms with van der Waals surface area (Å²) >= 11 is 2.92. The van der Waals surface area contributed by atoms with Crippen molar-refractivity contribution in [3.05, 3.63) is 0 Å². The van der Waals surface area contributed by atoms with Crippen LogP contribution in [0.3, 0.4) is 0 Å². The normalized spacial score (nSPS) is 35.7. The van der Waals surface area contributed by atoms with E-state index in [9.17, 15) is 20.1 Å². The molecule has 0 spiro atoms. The van der Waals surface area contributed by atoms with E-state index in [1.165, 1.54) is 0 Å². The van der Waals surface area contributed by atoms with Gasteiger partial charge in [-0.3, -0.25) is 4.79 Å². The van der Waals surface area contributed by atoms with E-state index in [1.807, 2.05) is 0 Å². The Hall–Kier alpha value is 4.11. The Morgan fingerprint density at radius 2 is 1.59 bits per heavy atom. The van der Waals surface area contributed by atoms with E-state index in [0.29, 0.717) is 0 Å². The van der Waals surface area contributed by atoms with E-state index < -0.39 is 35.6 Å². The average molecular weight is 952 g/mol. The molecule has 1 saturated heterocycles. The van der Waals surface area contributed by atoms with Crippen LogP contribution in [-0.4, -0.2) is 50.9 Å². The summed E-state index contributed by atoms with van der Waals surface area (Å²) in [5.74, 6) is -0.641. The molecular weight excluding hydrogens is 941 g/mol. The Morgan fingerprint density at radius 1 is 1.12 bits per heavy atom. The van der Waals surface area contributed by atoms with Crippen LogP contribution in [0.1, 0.15) is 6.92 Å². The second-order valence-corrected chi connectivity index (χ2v) is 3.84. The Labute approximate surface area is 215 Å². The van der Waals surface area contributed by atoms with E-state index in [4.69, 9.17) is 4.74 Å². The fourth-order valence-corrected chi connectivity index (χ4v) is 1.59. The minimum atomic E-state index is -1.46. The van der Waals surface area contributed by atoms with Gasteiger partial charge in [-0.2, -0.15) is 0 Å². The second-order valence-electron chi connectivity index (χ2n) is 2.94. The van der Waals surface area contributed by atoms with E-state index >= 15 is 0 Å². The largest absolute Gasteiger partial charge is 0.433 e. The minimum Gasteiger partial charge on any atom is -0.433 e. The first-order valence-corrected chi connectivity index (χ1v) is 4.86. The zero-order valence-corrected chi connectivity index (χ0v) is 24.9. The van der Waals surface area contributed by atoms with Crippen LogP contribution in [0.5, 0.6) is 0 Å². The number of aliphatic hydroxyl groups excluding tert-OH is 3. The van der Waals surface area contributed by atoms with Gasteiger partial charge in [0.05, 0.1) is 0 Å². The molecule has 10 heteroatoms. The molecule has 1 aliphatic rings. The van der Waals surface area contributed by atoms with Crippen LogP contribution >= 0.6 is 15.9 Å². The molecule has 5 atom stereocenters. The SMILES string of the molecule is CC(=O)OC1OC(Br)C(O)C(O)C1O.[Ac].[Ac].[Ac]. The zero-order valence-electron chi connectivity index (χ0n) is 9.06. The van der Waals surface area contributed by atoms with Crippen molar-refractivity contribution in [2.45, 2.75) is 36.5 Å². The van der Waals surface area contributed by atoms with Crippen molar-refractivity contribution in [1.29, 1.82) is 0 Å². The maximum atomic E-state index is 10.6. The molecule has 0 saturated carbocycles. The predicted molar refractivity (Wildman–Crippen MR) is 47.4 cm³/mol. The van der Waals surface area contributed by atoms with Crippen molar-refractivity contribution in [2.24, 2.45) is 0 Å². The summed E-state index contributed by atoms with van der Waals surface area (Å²) in [6.45, 7) is 1.15. The third-order valence-electron chi connectivity index (χ3n) is 1.79. The Balaban J connectivity index is -0.000000653. The van der Waals surface area contributed by atoms with Crippen LogP contribution in [0, 0.1) is 132 Å². The summed E-state index contributed by atoms with van der Waals surface area (Å²) in [4.78, 5) is 10.6. The number of esters is 1. The van der Waals surface area contributed by atoms with Crippen LogP contribution in [0.15, 0.2) is 0 Å². The summed E-state index contributed by atoms with van der Waals surface area (Å²) < 4.78 is 9.49. The third-order valence-corrected chi connectivity index (χ3v) is 2.55. The van der Waals surface area contributed by atoms with E-state index in [-0.39, 0.29) is 132 Å². The number of hydrogen-bond acceptors (Lipinski definition) is 6. The zero-order chi connectivity index (χ0) is 10.9. The van der Waals surface area contributed by atoms with E-state index in [1.54, 1.807) is 0 Å². The average Bonchev–Trinajstić information content (AvgIpc) is 2.10. The molecule has 0 bridgehead atoms. The first-order valence-electron chi connectivity index (χ1n) is 3.94. The maximum absolute atomic E-state index is 10.6. The molecule has 6 nitrogen and oxygen atoms in total. The molecule has 5 unspecified atom stereocenters. The van der Waals surface area contributed by atoms with Crippen LogP contribution in [0.25, 0.3) is 0 Å². The Bertz CT molecular complexity index is 234. The first kappa shape index (κ1) is 26.0. The van der Waals surface area contributed by atoms with Gasteiger partial charge >= 0.3 is 5.97 Å². The number of carbonyl (C=O) groups excluding carboxylic acids is 1. The van der Waals surface area contributed by atoms with Gasteiger partial charge < -0.3 is 24.8 Å². The topological polar surface area (TPSA) is 96.2 Å². The molecule has 3 N–H and O–H groups in total. The molecule has 91 valence electrons. The van der Waals surface area contributed by atoms with Crippen LogP contribution < -0.4 is 0 Å². The molecule has 1 rings (SSSR count). The van der Waals surface area contributed by atoms with Gasteiger partial charge in [0.1, 0.15) is 23.3 Å². The maximum Gasteiger partial charge on any atom is 0.305 e. The van der Waals surface area contributed by atoms with Crippen LogP contribution in [0.4, 0.5) is 0 Å². The van der Waals surface area contributed by atoms with Crippen molar-refractivity contribution in [2.75, 3.05) is 0 Å². The van der Waals surface area contributed by atoms with E-state index in [2.05, 4.69) is 20.7 Å². The molecule has 17 heavy (non-hydrogen) atoms. The Kier molecular flexibility index (Phi) is 19.4. The van der Waals surface area contributed by atoms with Crippen molar-refractivity contribution in [3.8, 4) is 0 Å². The molecule has 0 amide bonds. The molecule has 3 radical (unpaired) electrons. The van der Waals surface area contributed by atoms with Crippen molar-refractivity contribution < 1.29 is 162 Å². The fraction of sp³-hybridized carbons (Fsp3) is 0.857. The number of aliphatic hydroxyl groups is 3. The van der Waals surface area contributed by atoms with Crippen LogP contribution in [-0.2, 0) is 14.3 Å². The molecule has 0 aliphatic carbocycles. The summed E-state index contributed by atoms with van der Waals surface area (Å²) in [5.41, 5.74) is 0. The molecular formula is C7H11Ac3BrO6. The van der Waals surface area contributed by atoms with Gasteiger partial charge in [0.15, 0.2) is 0 Å². The standard InChI is InChI=1S/C7H11BrO6.3Ac/c1-2(9)13-7-5(12)3(10)4(11)6(8)14-7;;;/h3-7,10-12H,1H3;;;. The quantitative estimate of drug-likeness (QED) is 0.224. The summed E-state index contributed by atoms with van der Waals surface area (Å²) in [7, 11) is 0. The number of ether oxygens (including phenoxy) is 2. The molecule has 0 aromatic carbocycles. The number of halogens is 1. The molecule has 0 aromatic rings. The van der Waals surface area contributed by atoms with Gasteiger partial charge in [-0.1, -0.05) is 15.9 Å². The predicted octanol–water partition coefficient (Wildman–Crippen LogP) is -1.29. The summed E-state index contributed by atoms with van der Waals surface area (Å²) in [5, 5.41) is 27.0. The van der Waals surface area contributed by atoms with E-state index in [0.717, 1.165) is 6.92 Å². The number of alkyl halides is 1. The third kappa shape index (κ3) is 8.35. The van der Waals surface area contributed by atoms with Crippen molar-refractivity contribution in [1.82, 2.24) is 0 Å². The summed E-state index contributed by atoms with van der Waals surface area (Å²) in [6.07, 6.45) is -5.41. The van der Waals surface area contributed by atoms with Gasteiger partial charge in [0.2, 0.25) is 6.29 Å². The number of carbonyl (C=O) groups is 1. The monoisotopic (exact) mass is 951 g/mol. The van der Waals surface area contributed by atoms with Gasteiger partial charge in [0.25, 0.3) is 0 Å². The second kappa shape index (κ2) is 12.6. The van der Waals surface area contributed by atoms with Gasteiger partial charge in [0, 0.05) is 139 Å². The van der Waals surface area contributed by atoms with Crippen LogP contribution in [0.2, 0.25) is 0 Å². The summed E-state index contributed by atoms with van der Waals surface area (Å²) in [6, 6.07) is 0. The first-order chi connectivity index (χ1) is 6.43. The Morgan fingerprint density at radius 3 is 2.00 bits per heavy atom. The van der Waals surface area contributed by atoms with Crippen molar-refractivity contribution in [3.63, 3.8) is 0 Å². The van der Waals surface area contributed by atoms with Gasteiger partial charge in [-0.15, -0.1) is 0 Å². The smallest absolute Gasteiger partial charge is 0.305 e. The minimum absolute atomic E-state index is 0. The number of hydrogen-bond donors (Lipinski definition) is 3. The molecule has 1 fully saturated rings. The van der Waals surface area contributed by atoms with Crippen molar-refractivity contribution >= 4 is 21.9 Å². The number of rotatable bonds is 1. The molecule has 1 aliphatic heterocycles. The molecule has 1 heterocycles. The van der Waals surface area contributed by atoms with Gasteiger partial charge in [-0.25, -0.2) is 0 Å². The fourth-order valence-electron chi connectivity index (χ4n) is 1.07.